The summed E-state index contributed by atoms with van der Waals surface area (Å²) in [7, 11) is 0. The summed E-state index contributed by atoms with van der Waals surface area (Å²) in [6, 6.07) is 0.156. The first-order valence-corrected chi connectivity index (χ1v) is 5.74. The zero-order valence-corrected chi connectivity index (χ0v) is 9.90. The van der Waals surface area contributed by atoms with Crippen molar-refractivity contribution in [2.75, 3.05) is 13.1 Å². The van der Waals surface area contributed by atoms with E-state index < -0.39 is 5.97 Å². The maximum atomic E-state index is 11.5. The molecule has 0 saturated carbocycles. The Morgan fingerprint density at radius 1 is 1.50 bits per heavy atom. The maximum Gasteiger partial charge on any atom is 0.304 e. The normalized spacial score (nSPS) is 21.3. The summed E-state index contributed by atoms with van der Waals surface area (Å²) >= 11 is 0. The molecule has 0 aromatic carbocycles. The van der Waals surface area contributed by atoms with E-state index in [1.54, 1.807) is 0 Å². The van der Waals surface area contributed by atoms with Gasteiger partial charge < -0.3 is 10.4 Å². The van der Waals surface area contributed by atoms with E-state index in [4.69, 9.17) is 5.11 Å². The highest BCUT2D eigenvalue weighted by atomic mass is 16.4. The molecule has 2 N–H and O–H groups in total. The summed E-state index contributed by atoms with van der Waals surface area (Å²) in [5, 5.41) is 11.6. The van der Waals surface area contributed by atoms with Crippen LogP contribution in [0.1, 0.15) is 33.1 Å². The van der Waals surface area contributed by atoms with E-state index >= 15 is 0 Å². The Bertz CT molecular complexity index is 266. The molecule has 5 nitrogen and oxygen atoms in total. The molecule has 1 rings (SSSR count). The number of hydrogen-bond acceptors (Lipinski definition) is 3. The average Bonchev–Trinajstić information content (AvgIpc) is 2.50. The van der Waals surface area contributed by atoms with Gasteiger partial charge in [0.15, 0.2) is 0 Å². The molecule has 0 spiro atoms. The summed E-state index contributed by atoms with van der Waals surface area (Å²) in [5.41, 5.74) is 0. The summed E-state index contributed by atoms with van der Waals surface area (Å²) in [4.78, 5) is 24.1. The van der Waals surface area contributed by atoms with Gasteiger partial charge in [-0.2, -0.15) is 0 Å². The fraction of sp³-hybridized carbons (Fsp3) is 0.818. The fourth-order valence-electron chi connectivity index (χ4n) is 2.09. The molecular weight excluding hydrogens is 208 g/mol. The summed E-state index contributed by atoms with van der Waals surface area (Å²) < 4.78 is 0. The van der Waals surface area contributed by atoms with Crippen LogP contribution < -0.4 is 5.32 Å². The van der Waals surface area contributed by atoms with E-state index in [2.05, 4.69) is 5.32 Å². The van der Waals surface area contributed by atoms with Gasteiger partial charge in [-0.3, -0.25) is 14.5 Å². The molecule has 1 aliphatic heterocycles. The fourth-order valence-corrected chi connectivity index (χ4v) is 2.09. The molecule has 0 radical (unpaired) electrons. The molecule has 0 bridgehead atoms. The molecule has 1 heterocycles. The minimum Gasteiger partial charge on any atom is -0.481 e. The zero-order chi connectivity index (χ0) is 12.1. The van der Waals surface area contributed by atoms with E-state index in [-0.39, 0.29) is 24.4 Å². The van der Waals surface area contributed by atoms with E-state index in [0.717, 1.165) is 19.4 Å². The number of aliphatic carboxylic acids is 1. The number of carboxylic acid groups (broad SMARTS) is 1. The Morgan fingerprint density at radius 3 is 2.75 bits per heavy atom. The van der Waals surface area contributed by atoms with E-state index in [1.165, 1.54) is 0 Å². The Balaban J connectivity index is 2.40. The molecule has 92 valence electrons. The van der Waals surface area contributed by atoms with Crippen molar-refractivity contribution in [3.05, 3.63) is 0 Å². The van der Waals surface area contributed by atoms with Gasteiger partial charge >= 0.3 is 5.97 Å². The van der Waals surface area contributed by atoms with Gasteiger partial charge in [-0.05, 0) is 33.2 Å². The summed E-state index contributed by atoms with van der Waals surface area (Å²) in [5.74, 6) is -0.812. The van der Waals surface area contributed by atoms with Crippen LogP contribution in [0.15, 0.2) is 0 Å². The van der Waals surface area contributed by atoms with Crippen molar-refractivity contribution in [2.45, 2.75) is 45.2 Å². The second kappa shape index (κ2) is 5.84. The topological polar surface area (TPSA) is 69.6 Å². The highest BCUT2D eigenvalue weighted by molar-refractivity contribution is 5.78. The van der Waals surface area contributed by atoms with Crippen LogP contribution >= 0.6 is 0 Å². The van der Waals surface area contributed by atoms with Crippen LogP contribution in [0.3, 0.4) is 0 Å². The van der Waals surface area contributed by atoms with Crippen molar-refractivity contribution in [3.8, 4) is 0 Å². The Morgan fingerprint density at radius 2 is 2.19 bits per heavy atom. The van der Waals surface area contributed by atoms with Crippen LogP contribution in [0.5, 0.6) is 0 Å². The third-order valence-electron chi connectivity index (χ3n) is 2.71. The quantitative estimate of drug-likeness (QED) is 0.717. The molecule has 1 fully saturated rings. The highest BCUT2D eigenvalue weighted by Crippen LogP contribution is 2.19. The first-order valence-electron chi connectivity index (χ1n) is 5.74. The van der Waals surface area contributed by atoms with Crippen molar-refractivity contribution in [3.63, 3.8) is 0 Å². The van der Waals surface area contributed by atoms with Gasteiger partial charge in [0.25, 0.3) is 0 Å². The lowest BCUT2D eigenvalue weighted by Crippen LogP contribution is -2.42. The first kappa shape index (κ1) is 13.0. The molecule has 1 unspecified atom stereocenters. The van der Waals surface area contributed by atoms with E-state index in [9.17, 15) is 9.59 Å². The lowest BCUT2D eigenvalue weighted by atomic mass is 10.1. The van der Waals surface area contributed by atoms with Crippen molar-refractivity contribution in [2.24, 2.45) is 0 Å². The van der Waals surface area contributed by atoms with E-state index in [0.29, 0.717) is 6.54 Å². The molecule has 1 amide bonds. The molecule has 1 aliphatic rings. The molecule has 16 heavy (non-hydrogen) atoms. The van der Waals surface area contributed by atoms with Gasteiger partial charge in [0.1, 0.15) is 0 Å². The largest absolute Gasteiger partial charge is 0.481 e. The number of carbonyl (C=O) groups is 2. The lowest BCUT2D eigenvalue weighted by molar-refractivity contribution is -0.138. The standard InChI is InChI=1S/C11H20N2O3/c1-8(2)12-10(14)7-13-5-3-4-9(13)6-11(15)16/h8-9H,3-7H2,1-2H3,(H,12,14)(H,15,16). The number of rotatable bonds is 5. The molecule has 1 atom stereocenters. The second-order valence-electron chi connectivity index (χ2n) is 4.59. The summed E-state index contributed by atoms with van der Waals surface area (Å²) in [6.07, 6.45) is 1.99. The van der Waals surface area contributed by atoms with Crippen LogP contribution in [-0.2, 0) is 9.59 Å². The van der Waals surface area contributed by atoms with Crippen LogP contribution in [0, 0.1) is 0 Å². The maximum absolute atomic E-state index is 11.5. The van der Waals surface area contributed by atoms with Crippen LogP contribution in [0.25, 0.3) is 0 Å². The first-order chi connectivity index (χ1) is 7.49. The van der Waals surface area contributed by atoms with Gasteiger partial charge in [0.2, 0.25) is 5.91 Å². The third kappa shape index (κ3) is 4.18. The predicted molar refractivity (Wildman–Crippen MR) is 60.1 cm³/mol. The van der Waals surface area contributed by atoms with Gasteiger partial charge in [-0.25, -0.2) is 0 Å². The van der Waals surface area contributed by atoms with Gasteiger partial charge in [-0.15, -0.1) is 0 Å². The predicted octanol–water partition coefficient (Wildman–Crippen LogP) is 0.450. The van der Waals surface area contributed by atoms with Crippen molar-refractivity contribution >= 4 is 11.9 Å². The number of carboxylic acids is 1. The summed E-state index contributed by atoms with van der Waals surface area (Å²) in [6.45, 7) is 4.97. The Hall–Kier alpha value is -1.10. The lowest BCUT2D eigenvalue weighted by Gasteiger charge is -2.22. The molecule has 1 saturated heterocycles. The number of nitrogens with one attached hydrogen (secondary N) is 1. The highest BCUT2D eigenvalue weighted by Gasteiger charge is 2.27. The van der Waals surface area contributed by atoms with Crippen LogP contribution in [0.2, 0.25) is 0 Å². The Kier molecular flexibility index (Phi) is 4.73. The molecule has 0 aliphatic carbocycles. The molecule has 0 aromatic heterocycles. The SMILES string of the molecule is CC(C)NC(=O)CN1CCCC1CC(=O)O. The molecule has 5 heteroatoms. The van der Waals surface area contributed by atoms with Gasteiger partial charge in [0, 0.05) is 12.1 Å². The number of likely N-dealkylation sites (tertiary alicyclic amines) is 1. The number of hydrogen-bond donors (Lipinski definition) is 2. The third-order valence-corrected chi connectivity index (χ3v) is 2.71. The van der Waals surface area contributed by atoms with Crippen molar-refractivity contribution in [1.29, 1.82) is 0 Å². The number of carbonyl (C=O) groups excluding carboxylic acids is 1. The smallest absolute Gasteiger partial charge is 0.304 e. The second-order valence-corrected chi connectivity index (χ2v) is 4.59. The average molecular weight is 228 g/mol. The zero-order valence-electron chi connectivity index (χ0n) is 9.90. The molecule has 0 aromatic rings. The van der Waals surface area contributed by atoms with Gasteiger partial charge in [-0.1, -0.05) is 0 Å². The minimum absolute atomic E-state index is 0.0210. The number of amides is 1. The Labute approximate surface area is 95.8 Å². The monoisotopic (exact) mass is 228 g/mol. The van der Waals surface area contributed by atoms with Crippen LogP contribution in [0.4, 0.5) is 0 Å². The minimum atomic E-state index is -0.791. The van der Waals surface area contributed by atoms with E-state index in [1.807, 2.05) is 18.7 Å². The van der Waals surface area contributed by atoms with Crippen LogP contribution in [-0.4, -0.2) is 47.1 Å². The number of nitrogens with zero attached hydrogens (tertiary/aromatic N) is 1. The van der Waals surface area contributed by atoms with Crippen molar-refractivity contribution < 1.29 is 14.7 Å². The van der Waals surface area contributed by atoms with Gasteiger partial charge in [0.05, 0.1) is 13.0 Å². The van der Waals surface area contributed by atoms with Crippen molar-refractivity contribution in [1.82, 2.24) is 10.2 Å². The molecular formula is C11H20N2O3.